The highest BCUT2D eigenvalue weighted by molar-refractivity contribution is 5.96. The number of pyridine rings is 1. The number of alkyl halides is 3. The lowest BCUT2D eigenvalue weighted by Crippen LogP contribution is -2.50. The molecule has 12 nitrogen and oxygen atoms in total. The molecule has 1 aliphatic carbocycles. The SMILES string of the molecule is CCn1ncc2c(NC3CCOCC3)c(-c3nnc(CC4(C(OC(=O)C(F)(F)F)C(=O)NC)CCCC4)o3)cnc21. The first-order valence-electron chi connectivity index (χ1n) is 13.7. The summed E-state index contributed by atoms with van der Waals surface area (Å²) in [6, 6.07) is 0.138. The Bertz CT molecular complexity index is 1390. The Hall–Kier alpha value is -3.75. The van der Waals surface area contributed by atoms with E-state index in [1.54, 1.807) is 17.1 Å². The molecule has 2 aliphatic rings. The van der Waals surface area contributed by atoms with Gasteiger partial charge in [0.1, 0.15) is 0 Å². The van der Waals surface area contributed by atoms with Crippen molar-refractivity contribution < 1.29 is 36.7 Å². The number of esters is 1. The van der Waals surface area contributed by atoms with Gasteiger partial charge in [0.15, 0.2) is 11.8 Å². The van der Waals surface area contributed by atoms with E-state index in [0.717, 1.165) is 23.9 Å². The number of carbonyl (C=O) groups excluding carboxylic acids is 2. The highest BCUT2D eigenvalue weighted by atomic mass is 19.4. The summed E-state index contributed by atoms with van der Waals surface area (Å²) in [4.78, 5) is 29.1. The smallest absolute Gasteiger partial charge is 0.445 e. The third-order valence-electron chi connectivity index (χ3n) is 7.83. The van der Waals surface area contributed by atoms with Crippen molar-refractivity contribution in [2.75, 3.05) is 25.6 Å². The zero-order chi connectivity index (χ0) is 29.2. The molecule has 4 heterocycles. The highest BCUT2D eigenvalue weighted by Gasteiger charge is 2.52. The van der Waals surface area contributed by atoms with Crippen LogP contribution < -0.4 is 10.6 Å². The molecule has 3 aromatic rings. The molecule has 41 heavy (non-hydrogen) atoms. The molecule has 1 unspecified atom stereocenters. The van der Waals surface area contributed by atoms with Gasteiger partial charge in [-0.1, -0.05) is 12.8 Å². The fourth-order valence-electron chi connectivity index (χ4n) is 5.73. The van der Waals surface area contributed by atoms with E-state index in [-0.39, 0.29) is 24.2 Å². The summed E-state index contributed by atoms with van der Waals surface area (Å²) < 4.78 is 57.3. The predicted molar refractivity (Wildman–Crippen MR) is 139 cm³/mol. The number of hydrogen-bond acceptors (Lipinski definition) is 10. The molecular formula is C26H32F3N7O5. The van der Waals surface area contributed by atoms with Crippen LogP contribution in [0.15, 0.2) is 16.8 Å². The normalized spacial score (nSPS) is 18.4. The Balaban J connectivity index is 1.48. The van der Waals surface area contributed by atoms with Crippen molar-refractivity contribution >= 4 is 28.6 Å². The molecule has 1 amide bonds. The molecular weight excluding hydrogens is 547 g/mol. The molecule has 0 bridgehead atoms. The van der Waals surface area contributed by atoms with Gasteiger partial charge in [-0.2, -0.15) is 18.3 Å². The third kappa shape index (κ3) is 5.85. The summed E-state index contributed by atoms with van der Waals surface area (Å²) in [5.41, 5.74) is 0.827. The Morgan fingerprint density at radius 3 is 2.59 bits per heavy atom. The molecule has 5 rings (SSSR count). The Morgan fingerprint density at radius 1 is 1.20 bits per heavy atom. The first-order chi connectivity index (χ1) is 19.6. The number of nitrogens with one attached hydrogen (secondary N) is 2. The van der Waals surface area contributed by atoms with Crippen molar-refractivity contribution in [3.63, 3.8) is 0 Å². The molecule has 0 aromatic carbocycles. The topological polar surface area (TPSA) is 146 Å². The highest BCUT2D eigenvalue weighted by Crippen LogP contribution is 2.46. The second kappa shape index (κ2) is 11.6. The number of aromatic nitrogens is 5. The molecule has 1 aliphatic heterocycles. The summed E-state index contributed by atoms with van der Waals surface area (Å²) in [5.74, 6) is -2.97. The molecule has 0 spiro atoms. The van der Waals surface area contributed by atoms with Crippen molar-refractivity contribution in [3.8, 4) is 11.5 Å². The molecule has 0 radical (unpaired) electrons. The van der Waals surface area contributed by atoms with E-state index in [1.165, 1.54) is 7.05 Å². The minimum atomic E-state index is -5.24. The maximum absolute atomic E-state index is 13.1. The monoisotopic (exact) mass is 579 g/mol. The van der Waals surface area contributed by atoms with E-state index in [9.17, 15) is 22.8 Å². The fourth-order valence-corrected chi connectivity index (χ4v) is 5.73. The number of amides is 1. The molecule has 15 heteroatoms. The van der Waals surface area contributed by atoms with E-state index >= 15 is 0 Å². The number of hydrogen-bond donors (Lipinski definition) is 2. The van der Waals surface area contributed by atoms with Crippen LogP contribution in [0.2, 0.25) is 0 Å². The van der Waals surface area contributed by atoms with Crippen LogP contribution >= 0.6 is 0 Å². The van der Waals surface area contributed by atoms with Crippen LogP contribution in [0.25, 0.3) is 22.5 Å². The standard InChI is InChI=1S/C26H32F3N7O5/c1-3-36-21-16(14-32-36)19(33-15-6-10-39-11-7-15)17(13-31-21)23-35-34-18(40-23)12-25(8-4-5-9-25)20(22(37)30-2)41-24(38)26(27,28)29/h13-15,20H,3-12H2,1-2H3,(H,30,37)(H,31,33). The number of carbonyl (C=O) groups is 2. The van der Waals surface area contributed by atoms with Crippen molar-refractivity contribution in [1.82, 2.24) is 30.3 Å². The van der Waals surface area contributed by atoms with Gasteiger partial charge in [0.25, 0.3) is 11.8 Å². The Morgan fingerprint density at radius 2 is 1.93 bits per heavy atom. The van der Waals surface area contributed by atoms with E-state index in [1.807, 2.05) is 6.92 Å². The van der Waals surface area contributed by atoms with Crippen LogP contribution in [-0.2, 0) is 32.0 Å². The zero-order valence-electron chi connectivity index (χ0n) is 22.8. The minimum Gasteiger partial charge on any atom is -0.445 e. The quantitative estimate of drug-likeness (QED) is 0.362. The van der Waals surface area contributed by atoms with Gasteiger partial charge >= 0.3 is 12.1 Å². The Labute approximate surface area is 233 Å². The van der Waals surface area contributed by atoms with Gasteiger partial charge in [0.05, 0.1) is 22.8 Å². The number of aryl methyl sites for hydroxylation is 1. The fraction of sp³-hybridized carbons (Fsp3) is 0.615. The average molecular weight is 580 g/mol. The van der Waals surface area contributed by atoms with Crippen LogP contribution in [0.5, 0.6) is 0 Å². The molecule has 1 atom stereocenters. The first-order valence-corrected chi connectivity index (χ1v) is 13.7. The maximum Gasteiger partial charge on any atom is 0.490 e. The second-order valence-corrected chi connectivity index (χ2v) is 10.4. The average Bonchev–Trinajstić information content (AvgIpc) is 3.72. The van der Waals surface area contributed by atoms with Crippen LogP contribution in [0.3, 0.4) is 0 Å². The van der Waals surface area contributed by atoms with Crippen molar-refractivity contribution in [2.45, 2.75) is 76.7 Å². The van der Waals surface area contributed by atoms with Gasteiger partial charge in [0, 0.05) is 50.9 Å². The van der Waals surface area contributed by atoms with Gasteiger partial charge in [-0.25, -0.2) is 14.5 Å². The van der Waals surface area contributed by atoms with Gasteiger partial charge in [-0.05, 0) is 32.6 Å². The third-order valence-corrected chi connectivity index (χ3v) is 7.83. The Kier molecular flexibility index (Phi) is 8.16. The van der Waals surface area contributed by atoms with Gasteiger partial charge in [-0.3, -0.25) is 4.79 Å². The summed E-state index contributed by atoms with van der Waals surface area (Å²) in [5, 5.41) is 19.5. The number of nitrogens with zero attached hydrogens (tertiary/aromatic N) is 5. The van der Waals surface area contributed by atoms with E-state index in [4.69, 9.17) is 13.9 Å². The number of fused-ring (bicyclic) bond motifs is 1. The number of halogens is 3. The number of likely N-dealkylation sites (N-methyl/N-ethyl adjacent to an activating group) is 1. The van der Waals surface area contributed by atoms with Gasteiger partial charge < -0.3 is 24.5 Å². The lowest BCUT2D eigenvalue weighted by atomic mass is 9.76. The summed E-state index contributed by atoms with van der Waals surface area (Å²) in [7, 11) is 1.28. The molecule has 222 valence electrons. The molecule has 2 fully saturated rings. The molecule has 1 saturated carbocycles. The second-order valence-electron chi connectivity index (χ2n) is 10.4. The summed E-state index contributed by atoms with van der Waals surface area (Å²) in [6.45, 7) is 3.86. The largest absolute Gasteiger partial charge is 0.490 e. The van der Waals surface area contributed by atoms with Crippen LogP contribution in [0.4, 0.5) is 18.9 Å². The van der Waals surface area contributed by atoms with Crippen LogP contribution in [-0.4, -0.2) is 75.4 Å². The van der Waals surface area contributed by atoms with E-state index in [2.05, 4.69) is 30.9 Å². The van der Waals surface area contributed by atoms with Crippen molar-refractivity contribution in [3.05, 3.63) is 18.3 Å². The zero-order valence-corrected chi connectivity index (χ0v) is 22.8. The first kappa shape index (κ1) is 28.8. The number of ether oxygens (including phenoxy) is 2. The van der Waals surface area contributed by atoms with Crippen LogP contribution in [0.1, 0.15) is 51.3 Å². The predicted octanol–water partition coefficient (Wildman–Crippen LogP) is 3.42. The van der Waals surface area contributed by atoms with Crippen molar-refractivity contribution in [2.24, 2.45) is 5.41 Å². The lowest BCUT2D eigenvalue weighted by molar-refractivity contribution is -0.211. The summed E-state index contributed by atoms with van der Waals surface area (Å²) >= 11 is 0. The summed E-state index contributed by atoms with van der Waals surface area (Å²) in [6.07, 6.45) is -0.0434. The van der Waals surface area contributed by atoms with E-state index < -0.39 is 29.6 Å². The van der Waals surface area contributed by atoms with Gasteiger partial charge in [-0.15, -0.1) is 10.2 Å². The molecule has 2 N–H and O–H groups in total. The number of rotatable bonds is 9. The van der Waals surface area contributed by atoms with Crippen molar-refractivity contribution in [1.29, 1.82) is 0 Å². The molecule has 3 aromatic heterocycles. The van der Waals surface area contributed by atoms with Crippen LogP contribution in [0, 0.1) is 5.41 Å². The van der Waals surface area contributed by atoms with Gasteiger partial charge in [0.2, 0.25) is 5.89 Å². The number of anilines is 1. The maximum atomic E-state index is 13.1. The lowest BCUT2D eigenvalue weighted by Gasteiger charge is -2.34. The molecule has 1 saturated heterocycles. The minimum absolute atomic E-state index is 0.0462. The van der Waals surface area contributed by atoms with E-state index in [0.29, 0.717) is 56.7 Å².